The quantitative estimate of drug-likeness (QED) is 0.177. The number of fused-ring (bicyclic) bond motifs is 14. The number of rotatable bonds is 4. The van der Waals surface area contributed by atoms with Crippen molar-refractivity contribution < 1.29 is 0 Å². The van der Waals surface area contributed by atoms with Crippen LogP contribution in [0.3, 0.4) is 0 Å². The van der Waals surface area contributed by atoms with Crippen molar-refractivity contribution in [3.63, 3.8) is 0 Å². The Morgan fingerprint density at radius 1 is 0.323 bits per heavy atom. The fourth-order valence-corrected chi connectivity index (χ4v) is 11.8. The third-order valence-corrected chi connectivity index (χ3v) is 14.5. The highest BCUT2D eigenvalue weighted by Gasteiger charge is 2.51. The van der Waals surface area contributed by atoms with Crippen molar-refractivity contribution in [3.8, 4) is 56.0 Å². The number of benzene rings is 10. The van der Waals surface area contributed by atoms with Crippen molar-refractivity contribution >= 4 is 44.2 Å². The van der Waals surface area contributed by atoms with Crippen LogP contribution in [0.15, 0.2) is 228 Å². The van der Waals surface area contributed by atoms with Crippen LogP contribution in [0.2, 0.25) is 0 Å². The van der Waals surface area contributed by atoms with Gasteiger partial charge in [-0.3, -0.25) is 0 Å². The lowest BCUT2D eigenvalue weighted by atomic mass is 9.66. The molecule has 13 rings (SSSR count). The van der Waals surface area contributed by atoms with E-state index in [2.05, 4.69) is 212 Å². The van der Waals surface area contributed by atoms with Crippen LogP contribution in [-0.4, -0.2) is 9.97 Å². The Bertz CT molecular complexity index is 3510. The van der Waals surface area contributed by atoms with E-state index in [1.807, 2.05) is 17.8 Å². The summed E-state index contributed by atoms with van der Waals surface area (Å²) in [6.45, 7) is 0. The van der Waals surface area contributed by atoms with Gasteiger partial charge in [0.05, 0.1) is 16.6 Å². The Kier molecular flexibility index (Phi) is 7.79. The van der Waals surface area contributed by atoms with Gasteiger partial charge in [-0.05, 0) is 83.2 Å². The van der Waals surface area contributed by atoms with Crippen LogP contribution in [0.5, 0.6) is 0 Å². The van der Waals surface area contributed by atoms with Gasteiger partial charge in [0.2, 0.25) is 0 Å². The van der Waals surface area contributed by atoms with E-state index in [4.69, 9.17) is 9.97 Å². The highest BCUT2D eigenvalue weighted by molar-refractivity contribution is 8.00. The van der Waals surface area contributed by atoms with Gasteiger partial charge in [0.15, 0.2) is 5.82 Å². The second-order valence-electron chi connectivity index (χ2n) is 16.4. The molecular weight excluding hydrogens is 769 g/mol. The fraction of sp³-hybridized carbons (Fsp3) is 0.0169. The standard InChI is InChI=1S/C59H36N2S/c1-2-13-37(14-3-1)38-25-31-43(32-26-38)58-60-53-24-11-9-20-48(53)55(61-58)42-29-27-41(28-30-42)44-21-12-23-50-54(44)47-19-8-10-22-49(47)59(50)51-35-33-39-15-4-6-17-45(39)56(51)62-57-46-18-7-5-16-40(46)34-36-52(57)59/h1-36H. The molecule has 2 heterocycles. The number of hydrogen-bond donors (Lipinski definition) is 0. The van der Waals surface area contributed by atoms with Crippen LogP contribution in [0.1, 0.15) is 22.3 Å². The molecule has 0 saturated heterocycles. The molecule has 0 fully saturated rings. The molecule has 1 aromatic heterocycles. The molecule has 0 unspecified atom stereocenters. The summed E-state index contributed by atoms with van der Waals surface area (Å²) in [5.74, 6) is 0.719. The van der Waals surface area contributed by atoms with Crippen molar-refractivity contribution in [3.05, 3.63) is 241 Å². The SMILES string of the molecule is c1ccc(-c2ccc(-c3nc(-c4ccc(-c5cccc6c5-c5ccccc5C65c6ccc7ccccc7c6Sc6c5ccc5ccccc65)cc4)c4ccccc4n3)cc2)cc1. The summed E-state index contributed by atoms with van der Waals surface area (Å²) in [6.07, 6.45) is 0. The first-order valence-electron chi connectivity index (χ1n) is 21.2. The lowest BCUT2D eigenvalue weighted by molar-refractivity contribution is 0.729. The topological polar surface area (TPSA) is 25.8 Å². The molecule has 288 valence electrons. The molecule has 3 heteroatoms. The molecule has 0 saturated carbocycles. The minimum Gasteiger partial charge on any atom is -0.228 e. The maximum atomic E-state index is 5.26. The number of hydrogen-bond acceptors (Lipinski definition) is 3. The molecular formula is C59H36N2S. The highest BCUT2D eigenvalue weighted by Crippen LogP contribution is 2.65. The molecule has 1 spiro atoms. The van der Waals surface area contributed by atoms with Gasteiger partial charge in [0.1, 0.15) is 0 Å². The number of para-hydroxylation sites is 1. The summed E-state index contributed by atoms with van der Waals surface area (Å²) in [5, 5.41) is 6.17. The zero-order chi connectivity index (χ0) is 40.8. The molecule has 0 bridgehead atoms. The molecule has 1 aliphatic heterocycles. The third-order valence-electron chi connectivity index (χ3n) is 13.2. The van der Waals surface area contributed by atoms with Crippen LogP contribution >= 0.6 is 11.8 Å². The largest absolute Gasteiger partial charge is 0.228 e. The normalized spacial score (nSPS) is 13.2. The average Bonchev–Trinajstić information content (AvgIpc) is 3.64. The molecule has 0 atom stereocenters. The molecule has 0 amide bonds. The number of nitrogens with zero attached hydrogens (tertiary/aromatic N) is 2. The molecule has 0 radical (unpaired) electrons. The Hall–Kier alpha value is -7.59. The monoisotopic (exact) mass is 804 g/mol. The van der Waals surface area contributed by atoms with Crippen LogP contribution in [0.4, 0.5) is 0 Å². The molecule has 1 aliphatic carbocycles. The maximum absolute atomic E-state index is 5.26. The van der Waals surface area contributed by atoms with Crippen LogP contribution in [-0.2, 0) is 5.41 Å². The van der Waals surface area contributed by atoms with Crippen molar-refractivity contribution in [2.45, 2.75) is 15.2 Å². The van der Waals surface area contributed by atoms with E-state index >= 15 is 0 Å². The predicted octanol–water partition coefficient (Wildman–Crippen LogP) is 15.4. The summed E-state index contributed by atoms with van der Waals surface area (Å²) in [7, 11) is 0. The minimum atomic E-state index is -0.499. The smallest absolute Gasteiger partial charge is 0.160 e. The summed E-state index contributed by atoms with van der Waals surface area (Å²) in [6, 6.07) is 79.8. The first-order chi connectivity index (χ1) is 30.7. The van der Waals surface area contributed by atoms with Gasteiger partial charge in [-0.1, -0.05) is 224 Å². The zero-order valence-corrected chi connectivity index (χ0v) is 34.4. The van der Waals surface area contributed by atoms with Gasteiger partial charge < -0.3 is 0 Å². The van der Waals surface area contributed by atoms with Gasteiger partial charge in [-0.15, -0.1) is 0 Å². The lowest BCUT2D eigenvalue weighted by Gasteiger charge is -2.40. The molecule has 62 heavy (non-hydrogen) atoms. The Morgan fingerprint density at radius 2 is 0.855 bits per heavy atom. The van der Waals surface area contributed by atoms with Crippen molar-refractivity contribution in [2.75, 3.05) is 0 Å². The maximum Gasteiger partial charge on any atom is 0.160 e. The zero-order valence-electron chi connectivity index (χ0n) is 33.6. The van der Waals surface area contributed by atoms with E-state index in [1.165, 1.54) is 87.0 Å². The Labute approximate surface area is 364 Å². The van der Waals surface area contributed by atoms with Crippen molar-refractivity contribution in [1.82, 2.24) is 9.97 Å². The van der Waals surface area contributed by atoms with Gasteiger partial charge in [0.25, 0.3) is 0 Å². The van der Waals surface area contributed by atoms with E-state index in [0.717, 1.165) is 33.5 Å². The highest BCUT2D eigenvalue weighted by atomic mass is 32.2. The van der Waals surface area contributed by atoms with Crippen LogP contribution in [0, 0.1) is 0 Å². The summed E-state index contributed by atoms with van der Waals surface area (Å²) in [4.78, 5) is 13.0. The molecule has 2 nitrogen and oxygen atoms in total. The lowest BCUT2D eigenvalue weighted by Crippen LogP contribution is -2.32. The van der Waals surface area contributed by atoms with Crippen LogP contribution < -0.4 is 0 Å². The van der Waals surface area contributed by atoms with Gasteiger partial charge in [-0.25, -0.2) is 9.97 Å². The van der Waals surface area contributed by atoms with Gasteiger partial charge in [0, 0.05) is 26.3 Å². The summed E-state index contributed by atoms with van der Waals surface area (Å²) >= 11 is 1.94. The van der Waals surface area contributed by atoms with Crippen molar-refractivity contribution in [2.24, 2.45) is 0 Å². The molecule has 10 aromatic carbocycles. The molecule has 0 N–H and O–H groups in total. The average molecular weight is 805 g/mol. The Morgan fingerprint density at radius 3 is 1.58 bits per heavy atom. The van der Waals surface area contributed by atoms with Crippen LogP contribution in [0.25, 0.3) is 88.5 Å². The molecule has 11 aromatic rings. The fourth-order valence-electron chi connectivity index (χ4n) is 10.4. The van der Waals surface area contributed by atoms with Crippen molar-refractivity contribution in [1.29, 1.82) is 0 Å². The first kappa shape index (κ1) is 35.2. The third kappa shape index (κ3) is 5.12. The van der Waals surface area contributed by atoms with E-state index in [0.29, 0.717) is 0 Å². The van der Waals surface area contributed by atoms with E-state index < -0.39 is 5.41 Å². The minimum absolute atomic E-state index is 0.499. The van der Waals surface area contributed by atoms with E-state index in [-0.39, 0.29) is 0 Å². The first-order valence-corrected chi connectivity index (χ1v) is 22.0. The predicted molar refractivity (Wildman–Crippen MR) is 258 cm³/mol. The summed E-state index contributed by atoms with van der Waals surface area (Å²) in [5.41, 5.74) is 16.1. The van der Waals surface area contributed by atoms with E-state index in [1.54, 1.807) is 0 Å². The van der Waals surface area contributed by atoms with Gasteiger partial charge >= 0.3 is 0 Å². The van der Waals surface area contributed by atoms with E-state index in [9.17, 15) is 0 Å². The number of aromatic nitrogens is 2. The summed E-state index contributed by atoms with van der Waals surface area (Å²) < 4.78 is 0. The molecule has 2 aliphatic rings. The van der Waals surface area contributed by atoms with Gasteiger partial charge in [-0.2, -0.15) is 0 Å². The Balaban J connectivity index is 0.981. The second kappa shape index (κ2) is 13.7. The second-order valence-corrected chi connectivity index (χ2v) is 17.4.